The number of aromatic nitrogens is 1. The normalized spacial score (nSPS) is 14.3. The number of carbonyl (C=O) groups is 1. The molecule has 0 bridgehead atoms. The number of ether oxygens (including phenoxy) is 2. The molecule has 2 rings (SSSR count). The predicted octanol–water partition coefficient (Wildman–Crippen LogP) is 5.77. The van der Waals surface area contributed by atoms with Crippen molar-refractivity contribution in [3.63, 3.8) is 0 Å². The first-order valence-electron chi connectivity index (χ1n) is 8.65. The summed E-state index contributed by atoms with van der Waals surface area (Å²) in [4.78, 5) is 16.7. The molecule has 144 valence electrons. The van der Waals surface area contributed by atoms with E-state index in [0.29, 0.717) is 18.3 Å². The number of hydrogen-bond donors (Lipinski definition) is 1. The molecule has 0 aliphatic rings. The fourth-order valence-corrected chi connectivity index (χ4v) is 4.15. The van der Waals surface area contributed by atoms with Crippen LogP contribution in [0.25, 0.3) is 10.2 Å². The molecule has 0 saturated heterocycles. The van der Waals surface area contributed by atoms with E-state index in [4.69, 9.17) is 9.47 Å². The Morgan fingerprint density at radius 3 is 2.62 bits per heavy atom. The number of rotatable bonds is 6. The van der Waals surface area contributed by atoms with Gasteiger partial charge < -0.3 is 14.8 Å². The number of nitrogens with one attached hydrogen (secondary N) is 1. The smallest absolute Gasteiger partial charge is 0.408 e. The van der Waals surface area contributed by atoms with Crippen molar-refractivity contribution in [2.24, 2.45) is 5.92 Å². The van der Waals surface area contributed by atoms with Gasteiger partial charge in [-0.05, 0) is 68.1 Å². The zero-order valence-electron chi connectivity index (χ0n) is 16.2. The van der Waals surface area contributed by atoms with Crippen LogP contribution in [-0.2, 0) is 4.74 Å². The summed E-state index contributed by atoms with van der Waals surface area (Å²) in [6, 6.07) is 3.85. The summed E-state index contributed by atoms with van der Waals surface area (Å²) in [6.07, 6.45) is 0.335. The minimum absolute atomic E-state index is 0.332. The summed E-state index contributed by atoms with van der Waals surface area (Å²) < 4.78 is 13.5. The van der Waals surface area contributed by atoms with E-state index < -0.39 is 17.2 Å². The van der Waals surface area contributed by atoms with Crippen LogP contribution >= 0.6 is 27.3 Å². The Kier molecular flexibility index (Phi) is 6.55. The zero-order chi connectivity index (χ0) is 19.5. The average Bonchev–Trinajstić information content (AvgIpc) is 2.93. The van der Waals surface area contributed by atoms with Crippen molar-refractivity contribution in [3.05, 3.63) is 22.1 Å². The van der Waals surface area contributed by atoms with Crippen LogP contribution in [0.15, 0.2) is 22.1 Å². The first-order valence-corrected chi connectivity index (χ1v) is 10.3. The van der Waals surface area contributed by atoms with E-state index in [9.17, 15) is 4.79 Å². The molecule has 0 fully saturated rings. The maximum atomic E-state index is 12.3. The monoisotopic (exact) mass is 442 g/mol. The van der Waals surface area contributed by atoms with Crippen molar-refractivity contribution in [1.82, 2.24) is 10.3 Å². The van der Waals surface area contributed by atoms with Gasteiger partial charge in [0.25, 0.3) is 0 Å². The highest BCUT2D eigenvalue weighted by Gasteiger charge is 2.31. The minimum atomic E-state index is -0.550. The Bertz CT molecular complexity index is 770. The van der Waals surface area contributed by atoms with Gasteiger partial charge in [0.2, 0.25) is 0 Å². The second-order valence-electron chi connectivity index (χ2n) is 8.15. The lowest BCUT2D eigenvalue weighted by Crippen LogP contribution is -2.52. The topological polar surface area (TPSA) is 60.5 Å². The molecule has 1 heterocycles. The third-order valence-electron chi connectivity index (χ3n) is 3.61. The molecule has 2 aromatic rings. The van der Waals surface area contributed by atoms with Gasteiger partial charge in [-0.25, -0.2) is 9.78 Å². The van der Waals surface area contributed by atoms with E-state index in [2.05, 4.69) is 40.1 Å². The maximum Gasteiger partial charge on any atom is 0.408 e. The Balaban J connectivity index is 2.15. The van der Waals surface area contributed by atoms with E-state index in [1.54, 1.807) is 16.8 Å². The van der Waals surface area contributed by atoms with E-state index in [0.717, 1.165) is 21.1 Å². The maximum absolute atomic E-state index is 12.3. The van der Waals surface area contributed by atoms with Gasteiger partial charge in [-0.15, -0.1) is 11.3 Å². The number of fused-ring (bicyclic) bond motifs is 1. The van der Waals surface area contributed by atoms with Crippen molar-refractivity contribution < 1.29 is 14.3 Å². The Morgan fingerprint density at radius 1 is 1.31 bits per heavy atom. The third kappa shape index (κ3) is 5.84. The molecule has 0 spiro atoms. The van der Waals surface area contributed by atoms with Crippen LogP contribution in [0.2, 0.25) is 0 Å². The summed E-state index contributed by atoms with van der Waals surface area (Å²) in [5.41, 5.74) is 1.54. The van der Waals surface area contributed by atoms with Gasteiger partial charge in [0, 0.05) is 4.47 Å². The minimum Gasteiger partial charge on any atom is -0.489 e. The van der Waals surface area contributed by atoms with Crippen LogP contribution in [0.1, 0.15) is 48.0 Å². The van der Waals surface area contributed by atoms with Crippen molar-refractivity contribution >= 4 is 43.6 Å². The highest BCUT2D eigenvalue weighted by molar-refractivity contribution is 9.10. The van der Waals surface area contributed by atoms with Crippen LogP contribution in [0, 0.1) is 5.92 Å². The molecule has 0 radical (unpaired) electrons. The summed E-state index contributed by atoms with van der Waals surface area (Å²) >= 11 is 5.10. The number of alkyl carbamates (subject to hydrolysis) is 1. The van der Waals surface area contributed by atoms with Crippen LogP contribution in [-0.4, -0.2) is 28.8 Å². The first kappa shape index (κ1) is 21.0. The first-order chi connectivity index (χ1) is 12.0. The Hall–Kier alpha value is -1.34. The number of amides is 1. The van der Waals surface area contributed by atoms with Crippen molar-refractivity contribution in [2.75, 3.05) is 6.61 Å². The van der Waals surface area contributed by atoms with Gasteiger partial charge >= 0.3 is 6.09 Å². The molecule has 1 aromatic heterocycles. The van der Waals surface area contributed by atoms with Gasteiger partial charge in [0.05, 0.1) is 15.7 Å². The fraction of sp³-hybridized carbons (Fsp3) is 0.579. The zero-order valence-corrected chi connectivity index (χ0v) is 18.6. The molecule has 0 aliphatic carbocycles. The van der Waals surface area contributed by atoms with Crippen molar-refractivity contribution in [2.45, 2.75) is 59.1 Å². The molecule has 7 heteroatoms. The Labute approximate surface area is 167 Å². The molecular weight excluding hydrogens is 416 g/mol. The number of thiazole rings is 1. The quantitative estimate of drug-likeness (QED) is 0.616. The molecule has 1 aromatic carbocycles. The summed E-state index contributed by atoms with van der Waals surface area (Å²) in [7, 11) is 0. The highest BCUT2D eigenvalue weighted by atomic mass is 79.9. The standard InChI is InChI=1S/C19H27BrN2O3S/c1-12(2)9-19(6,22-17(23)25-18(3,4)5)10-24-14-8-7-13(20)16-15(14)21-11-26-16/h7-8,11-12H,9-10H2,1-6H3,(H,22,23). The van der Waals surface area contributed by atoms with Crippen LogP contribution < -0.4 is 10.1 Å². The molecule has 1 atom stereocenters. The van der Waals surface area contributed by atoms with E-state index in [1.807, 2.05) is 39.8 Å². The van der Waals surface area contributed by atoms with Crippen molar-refractivity contribution in [1.29, 1.82) is 0 Å². The molecule has 5 nitrogen and oxygen atoms in total. The van der Waals surface area contributed by atoms with Gasteiger partial charge in [-0.2, -0.15) is 0 Å². The lowest BCUT2D eigenvalue weighted by Gasteiger charge is -2.33. The lowest BCUT2D eigenvalue weighted by atomic mass is 9.91. The second kappa shape index (κ2) is 8.13. The predicted molar refractivity (Wildman–Crippen MR) is 110 cm³/mol. The van der Waals surface area contributed by atoms with E-state index in [-0.39, 0.29) is 0 Å². The molecule has 1 unspecified atom stereocenters. The summed E-state index contributed by atoms with van der Waals surface area (Å²) in [5.74, 6) is 1.10. The van der Waals surface area contributed by atoms with Crippen molar-refractivity contribution in [3.8, 4) is 5.75 Å². The Morgan fingerprint density at radius 2 is 2.00 bits per heavy atom. The number of halogens is 1. The van der Waals surface area contributed by atoms with Gasteiger partial charge in [-0.1, -0.05) is 13.8 Å². The van der Waals surface area contributed by atoms with Gasteiger partial charge in [0.15, 0.2) is 0 Å². The van der Waals surface area contributed by atoms with Gasteiger partial charge in [-0.3, -0.25) is 0 Å². The number of benzene rings is 1. The molecule has 1 amide bonds. The third-order valence-corrected chi connectivity index (χ3v) is 5.39. The second-order valence-corrected chi connectivity index (χ2v) is 9.86. The van der Waals surface area contributed by atoms with Gasteiger partial charge in [0.1, 0.15) is 23.5 Å². The molecule has 1 N–H and O–H groups in total. The molecule has 26 heavy (non-hydrogen) atoms. The fourth-order valence-electron chi connectivity index (χ4n) is 2.85. The summed E-state index contributed by atoms with van der Waals surface area (Å²) in [6.45, 7) is 12.1. The van der Waals surface area contributed by atoms with E-state index >= 15 is 0 Å². The number of nitrogens with zero attached hydrogens (tertiary/aromatic N) is 1. The number of carbonyl (C=O) groups excluding carboxylic acids is 1. The lowest BCUT2D eigenvalue weighted by molar-refractivity contribution is 0.0408. The van der Waals surface area contributed by atoms with E-state index in [1.165, 1.54) is 0 Å². The van der Waals surface area contributed by atoms with Crippen LogP contribution in [0.5, 0.6) is 5.75 Å². The van der Waals surface area contributed by atoms with Crippen LogP contribution in [0.4, 0.5) is 4.79 Å². The highest BCUT2D eigenvalue weighted by Crippen LogP contribution is 2.34. The molecule has 0 aliphatic heterocycles. The molecule has 0 saturated carbocycles. The molecular formula is C19H27BrN2O3S. The average molecular weight is 443 g/mol. The SMILES string of the molecule is CC(C)CC(C)(COc1ccc(Br)c2scnc12)NC(=O)OC(C)(C)C. The largest absolute Gasteiger partial charge is 0.489 e. The summed E-state index contributed by atoms with van der Waals surface area (Å²) in [5, 5.41) is 2.99. The number of hydrogen-bond acceptors (Lipinski definition) is 5. The van der Waals surface area contributed by atoms with Crippen LogP contribution in [0.3, 0.4) is 0 Å².